The first-order chi connectivity index (χ1) is 15.0. The molecular formula is C21H33IN8OS. The fourth-order valence-electron chi connectivity index (χ4n) is 3.39. The number of halogens is 1. The topological polar surface area (TPSA) is 89.0 Å². The van der Waals surface area contributed by atoms with Gasteiger partial charge in [0.2, 0.25) is 11.0 Å². The van der Waals surface area contributed by atoms with Crippen LogP contribution in [0.15, 0.2) is 29.3 Å². The molecule has 1 saturated heterocycles. The second kappa shape index (κ2) is 12.9. The molecule has 11 heteroatoms. The van der Waals surface area contributed by atoms with Crippen molar-refractivity contribution in [3.05, 3.63) is 35.7 Å². The first kappa shape index (κ1) is 26.3. The van der Waals surface area contributed by atoms with Crippen LogP contribution in [-0.4, -0.2) is 84.9 Å². The van der Waals surface area contributed by atoms with Gasteiger partial charge in [0, 0.05) is 63.4 Å². The Balaban J connectivity index is 0.00000363. The van der Waals surface area contributed by atoms with Gasteiger partial charge in [-0.2, -0.15) is 4.37 Å². The third kappa shape index (κ3) is 7.55. The molecule has 176 valence electrons. The highest BCUT2D eigenvalue weighted by molar-refractivity contribution is 14.0. The van der Waals surface area contributed by atoms with Gasteiger partial charge >= 0.3 is 0 Å². The molecule has 0 radical (unpaired) electrons. The monoisotopic (exact) mass is 572 g/mol. The maximum atomic E-state index is 12.0. The lowest BCUT2D eigenvalue weighted by atomic mass is 10.2. The molecule has 1 aromatic carbocycles. The van der Waals surface area contributed by atoms with Crippen molar-refractivity contribution >= 4 is 58.2 Å². The number of hydrogen-bond acceptors (Lipinski definition) is 7. The number of guanidine groups is 1. The maximum Gasteiger partial charge on any atom is 0.238 e. The van der Waals surface area contributed by atoms with Gasteiger partial charge in [0.05, 0.1) is 6.54 Å². The zero-order chi connectivity index (χ0) is 22.2. The molecule has 0 aliphatic carbocycles. The van der Waals surface area contributed by atoms with E-state index in [1.54, 1.807) is 0 Å². The zero-order valence-electron chi connectivity index (χ0n) is 19.2. The Morgan fingerprint density at radius 3 is 2.62 bits per heavy atom. The van der Waals surface area contributed by atoms with E-state index in [9.17, 15) is 4.79 Å². The van der Waals surface area contributed by atoms with Crippen LogP contribution in [0.3, 0.4) is 0 Å². The second-order valence-corrected chi connectivity index (χ2v) is 8.44. The van der Waals surface area contributed by atoms with Gasteiger partial charge in [0.25, 0.3) is 0 Å². The number of nitrogens with zero attached hydrogens (tertiary/aromatic N) is 6. The van der Waals surface area contributed by atoms with Crippen LogP contribution in [0.4, 0.5) is 10.8 Å². The molecule has 2 aromatic rings. The number of nitrogens with one attached hydrogen (secondary N) is 2. The molecule has 0 spiro atoms. The summed E-state index contributed by atoms with van der Waals surface area (Å²) in [6.45, 7) is 6.62. The minimum Gasteiger partial charge on any atom is -0.352 e. The SMILES string of the molecule is CCc1nsc(N2CCN(C(=NC)NCc3cccc(NC(=O)CN(C)C)c3)CC2)n1.I. The summed E-state index contributed by atoms with van der Waals surface area (Å²) >= 11 is 1.48. The Kier molecular flexibility index (Phi) is 10.6. The highest BCUT2D eigenvalue weighted by atomic mass is 127. The number of rotatable bonds is 7. The van der Waals surface area contributed by atoms with E-state index in [1.807, 2.05) is 50.3 Å². The van der Waals surface area contributed by atoms with Gasteiger partial charge in [-0.1, -0.05) is 19.1 Å². The molecule has 1 fully saturated rings. The number of aliphatic imine (C=N–C) groups is 1. The maximum absolute atomic E-state index is 12.0. The van der Waals surface area contributed by atoms with E-state index < -0.39 is 0 Å². The van der Waals surface area contributed by atoms with Gasteiger partial charge in [-0.05, 0) is 31.8 Å². The van der Waals surface area contributed by atoms with E-state index in [4.69, 9.17) is 0 Å². The molecule has 0 atom stereocenters. The number of carbonyl (C=O) groups excluding carboxylic acids is 1. The summed E-state index contributed by atoms with van der Waals surface area (Å²) in [5.74, 6) is 1.78. The Morgan fingerprint density at radius 1 is 1.25 bits per heavy atom. The van der Waals surface area contributed by atoms with Gasteiger partial charge in [-0.15, -0.1) is 24.0 Å². The molecule has 0 saturated carbocycles. The fraction of sp³-hybridized carbons (Fsp3) is 0.524. The molecule has 3 rings (SSSR count). The van der Waals surface area contributed by atoms with Crippen molar-refractivity contribution < 1.29 is 4.79 Å². The molecule has 32 heavy (non-hydrogen) atoms. The van der Waals surface area contributed by atoms with E-state index in [-0.39, 0.29) is 29.9 Å². The number of piperazine rings is 1. The average molecular weight is 573 g/mol. The van der Waals surface area contributed by atoms with Crippen LogP contribution in [-0.2, 0) is 17.8 Å². The number of hydrogen-bond donors (Lipinski definition) is 2. The summed E-state index contributed by atoms with van der Waals surface area (Å²) < 4.78 is 4.39. The second-order valence-electron chi connectivity index (χ2n) is 7.71. The highest BCUT2D eigenvalue weighted by Gasteiger charge is 2.22. The largest absolute Gasteiger partial charge is 0.352 e. The molecule has 0 unspecified atom stereocenters. The lowest BCUT2D eigenvalue weighted by Crippen LogP contribution is -2.52. The number of anilines is 2. The molecule has 1 aliphatic heterocycles. The summed E-state index contributed by atoms with van der Waals surface area (Å²) in [7, 11) is 5.56. The van der Waals surface area contributed by atoms with E-state index in [0.29, 0.717) is 13.1 Å². The zero-order valence-corrected chi connectivity index (χ0v) is 22.3. The molecule has 2 heterocycles. The summed E-state index contributed by atoms with van der Waals surface area (Å²) in [5, 5.41) is 7.39. The van der Waals surface area contributed by atoms with Crippen molar-refractivity contribution in [3.8, 4) is 0 Å². The first-order valence-electron chi connectivity index (χ1n) is 10.5. The van der Waals surface area contributed by atoms with Crippen LogP contribution in [0.2, 0.25) is 0 Å². The highest BCUT2D eigenvalue weighted by Crippen LogP contribution is 2.19. The van der Waals surface area contributed by atoms with Crippen LogP contribution in [0.25, 0.3) is 0 Å². The number of amides is 1. The minimum absolute atomic E-state index is 0. The van der Waals surface area contributed by atoms with E-state index in [2.05, 4.69) is 41.7 Å². The van der Waals surface area contributed by atoms with Gasteiger partial charge in [0.15, 0.2) is 5.96 Å². The third-order valence-corrected chi connectivity index (χ3v) is 5.77. The Bertz CT molecular complexity index is 895. The van der Waals surface area contributed by atoms with E-state index in [1.165, 1.54) is 11.5 Å². The Hall–Kier alpha value is -1.99. The summed E-state index contributed by atoms with van der Waals surface area (Å²) in [4.78, 5) is 27.5. The molecule has 1 aliphatic rings. The summed E-state index contributed by atoms with van der Waals surface area (Å²) in [5.41, 5.74) is 1.89. The van der Waals surface area contributed by atoms with E-state index in [0.717, 1.165) is 60.8 Å². The predicted molar refractivity (Wildman–Crippen MR) is 142 cm³/mol. The molecule has 2 N–H and O–H groups in total. The number of aromatic nitrogens is 2. The summed E-state index contributed by atoms with van der Waals surface area (Å²) in [6.07, 6.45) is 0.869. The van der Waals surface area contributed by atoms with Gasteiger partial charge in [-0.3, -0.25) is 9.79 Å². The lowest BCUT2D eigenvalue weighted by molar-refractivity contribution is -0.116. The van der Waals surface area contributed by atoms with Crippen molar-refractivity contribution in [3.63, 3.8) is 0 Å². The number of carbonyl (C=O) groups is 1. The van der Waals surface area contributed by atoms with Crippen molar-refractivity contribution in [1.29, 1.82) is 0 Å². The smallest absolute Gasteiger partial charge is 0.238 e. The molecule has 1 amide bonds. The Morgan fingerprint density at radius 2 is 2.00 bits per heavy atom. The number of benzene rings is 1. The average Bonchev–Trinajstić information content (AvgIpc) is 3.24. The molecule has 0 bridgehead atoms. The number of likely N-dealkylation sites (N-methyl/N-ethyl adjacent to an activating group) is 1. The summed E-state index contributed by atoms with van der Waals surface area (Å²) in [6, 6.07) is 7.89. The quantitative estimate of drug-likeness (QED) is 0.299. The van der Waals surface area contributed by atoms with Gasteiger partial charge in [-0.25, -0.2) is 4.98 Å². The van der Waals surface area contributed by atoms with Crippen molar-refractivity contribution in [2.75, 3.05) is 64.1 Å². The fourth-order valence-corrected chi connectivity index (χ4v) is 4.19. The first-order valence-corrected chi connectivity index (χ1v) is 11.3. The predicted octanol–water partition coefficient (Wildman–Crippen LogP) is 2.12. The van der Waals surface area contributed by atoms with Crippen molar-refractivity contribution in [2.45, 2.75) is 19.9 Å². The standard InChI is InChI=1S/C21H32N8OS.HI/c1-5-18-25-21(31-26-18)29-11-9-28(10-12-29)20(22-2)23-14-16-7-6-8-17(13-16)24-19(30)15-27(3)4;/h6-8,13H,5,9-12,14-15H2,1-4H3,(H,22,23)(H,24,30);1H. The van der Waals surface area contributed by atoms with Crippen molar-refractivity contribution in [2.24, 2.45) is 4.99 Å². The van der Waals surface area contributed by atoms with Crippen LogP contribution in [0.1, 0.15) is 18.3 Å². The Labute approximate surface area is 211 Å². The van der Waals surface area contributed by atoms with Crippen LogP contribution < -0.4 is 15.5 Å². The minimum atomic E-state index is -0.0229. The van der Waals surface area contributed by atoms with Crippen LogP contribution in [0.5, 0.6) is 0 Å². The molecule has 9 nitrogen and oxygen atoms in total. The number of aryl methyl sites for hydroxylation is 1. The lowest BCUT2D eigenvalue weighted by Gasteiger charge is -2.36. The van der Waals surface area contributed by atoms with Gasteiger partial charge < -0.3 is 25.3 Å². The third-order valence-electron chi connectivity index (χ3n) is 4.96. The molecule has 1 aromatic heterocycles. The van der Waals surface area contributed by atoms with Crippen LogP contribution in [0, 0.1) is 0 Å². The van der Waals surface area contributed by atoms with Crippen molar-refractivity contribution in [1.82, 2.24) is 24.5 Å². The molecular weight excluding hydrogens is 539 g/mol. The normalized spacial score (nSPS) is 14.3. The van der Waals surface area contributed by atoms with E-state index >= 15 is 0 Å². The van der Waals surface area contributed by atoms with Gasteiger partial charge in [0.1, 0.15) is 5.82 Å². The van der Waals surface area contributed by atoms with Crippen LogP contribution >= 0.6 is 35.5 Å².